The second-order valence-corrected chi connectivity index (χ2v) is 14.4. The Balaban J connectivity index is 1.59. The average molecular weight is 613 g/mol. The molecule has 2 aromatic rings. The molecule has 0 spiro atoms. The quantitative estimate of drug-likeness (QED) is 0.442. The Bertz CT molecular complexity index is 1370. The highest BCUT2D eigenvalue weighted by Crippen LogP contribution is 2.39. The number of alkyl halides is 3. The van der Waals surface area contributed by atoms with Crippen LogP contribution in [0.3, 0.4) is 0 Å². The zero-order valence-corrected chi connectivity index (χ0v) is 26.4. The highest BCUT2D eigenvalue weighted by molar-refractivity contribution is 7.88. The van der Waals surface area contributed by atoms with Gasteiger partial charge >= 0.3 is 6.18 Å². The molecule has 2 atom stereocenters. The number of aryl methyl sites for hydroxylation is 1. The van der Waals surface area contributed by atoms with Crippen molar-refractivity contribution in [2.24, 2.45) is 5.92 Å². The number of hydrogen-bond donors (Lipinski definition) is 1. The SMILES string of the molecule is COc1cc(N2CCN(C(C)(C)C)CC2)c(C)cc1Nc1ncc(C(F)(F)F)c(C[C@@H]2CCC[C@H]2N(C)S(C)(=O)=O)n1. The molecule has 2 aliphatic rings. The van der Waals surface area contributed by atoms with Gasteiger partial charge in [-0.15, -0.1) is 0 Å². The van der Waals surface area contributed by atoms with E-state index >= 15 is 0 Å². The summed E-state index contributed by atoms with van der Waals surface area (Å²) in [5.74, 6) is 0.265. The molecule has 1 aromatic carbocycles. The molecular weight excluding hydrogens is 569 g/mol. The largest absolute Gasteiger partial charge is 0.494 e. The maximum atomic E-state index is 14.0. The number of nitrogens with zero attached hydrogens (tertiary/aromatic N) is 5. The van der Waals surface area contributed by atoms with Crippen LogP contribution in [0.4, 0.5) is 30.5 Å². The van der Waals surface area contributed by atoms with Crippen LogP contribution in [-0.2, 0) is 22.6 Å². The van der Waals surface area contributed by atoms with Gasteiger partial charge < -0.3 is 15.0 Å². The van der Waals surface area contributed by atoms with Crippen LogP contribution in [0.2, 0.25) is 0 Å². The van der Waals surface area contributed by atoms with E-state index in [1.165, 1.54) is 11.4 Å². The molecule has 1 N–H and O–H groups in total. The van der Waals surface area contributed by atoms with Gasteiger partial charge in [-0.05, 0) is 64.5 Å². The summed E-state index contributed by atoms with van der Waals surface area (Å²) >= 11 is 0. The third kappa shape index (κ3) is 7.28. The smallest absolute Gasteiger partial charge is 0.419 e. The van der Waals surface area contributed by atoms with Gasteiger partial charge in [0.25, 0.3) is 0 Å². The molecule has 9 nitrogen and oxygen atoms in total. The van der Waals surface area contributed by atoms with Crippen LogP contribution in [0.1, 0.15) is 56.9 Å². The third-order valence-electron chi connectivity index (χ3n) is 8.57. The summed E-state index contributed by atoms with van der Waals surface area (Å²) in [4.78, 5) is 13.1. The minimum Gasteiger partial charge on any atom is -0.494 e. The minimum absolute atomic E-state index is 0.00772. The minimum atomic E-state index is -4.64. The number of benzene rings is 1. The molecule has 1 aliphatic carbocycles. The van der Waals surface area contributed by atoms with Gasteiger partial charge in [-0.2, -0.15) is 13.2 Å². The summed E-state index contributed by atoms with van der Waals surface area (Å²) in [6, 6.07) is 3.46. The molecule has 1 saturated heterocycles. The molecular formula is C29H43F3N6O3S. The van der Waals surface area contributed by atoms with Crippen LogP contribution in [-0.4, -0.2) is 85.8 Å². The van der Waals surface area contributed by atoms with Crippen molar-refractivity contribution in [3.63, 3.8) is 0 Å². The number of anilines is 3. The van der Waals surface area contributed by atoms with Gasteiger partial charge in [0, 0.05) is 62.8 Å². The van der Waals surface area contributed by atoms with E-state index in [9.17, 15) is 21.6 Å². The molecule has 0 unspecified atom stereocenters. The number of halogens is 3. The summed E-state index contributed by atoms with van der Waals surface area (Å²) in [5, 5.41) is 3.08. The molecule has 0 amide bonds. The number of sulfonamides is 1. The number of ether oxygens (including phenoxy) is 1. The number of rotatable bonds is 8. The molecule has 4 rings (SSSR count). The highest BCUT2D eigenvalue weighted by Gasteiger charge is 2.39. The molecule has 0 bridgehead atoms. The second-order valence-electron chi connectivity index (χ2n) is 12.4. The van der Waals surface area contributed by atoms with Gasteiger partial charge in [-0.3, -0.25) is 4.90 Å². The van der Waals surface area contributed by atoms with E-state index in [1.54, 1.807) is 7.11 Å². The average Bonchev–Trinajstić information content (AvgIpc) is 3.34. The van der Waals surface area contributed by atoms with Crippen molar-refractivity contribution < 1.29 is 26.3 Å². The van der Waals surface area contributed by atoms with Crippen molar-refractivity contribution in [3.8, 4) is 5.75 Å². The van der Waals surface area contributed by atoms with Gasteiger partial charge in [-0.25, -0.2) is 22.7 Å². The zero-order chi connectivity index (χ0) is 31.0. The Morgan fingerprint density at radius 3 is 2.36 bits per heavy atom. The number of methoxy groups -OCH3 is 1. The number of hydrogen-bond acceptors (Lipinski definition) is 8. The topological polar surface area (TPSA) is 90.9 Å². The van der Waals surface area contributed by atoms with Gasteiger partial charge in [0.1, 0.15) is 5.75 Å². The van der Waals surface area contributed by atoms with Crippen LogP contribution >= 0.6 is 0 Å². The Kier molecular flexibility index (Phi) is 9.34. The normalized spacial score (nSPS) is 20.8. The van der Waals surface area contributed by atoms with Crippen LogP contribution in [0.5, 0.6) is 5.75 Å². The highest BCUT2D eigenvalue weighted by atomic mass is 32.2. The predicted octanol–water partition coefficient (Wildman–Crippen LogP) is 5.08. The lowest BCUT2D eigenvalue weighted by Gasteiger charge is -2.43. The van der Waals surface area contributed by atoms with Crippen LogP contribution in [0, 0.1) is 12.8 Å². The summed E-state index contributed by atoms with van der Waals surface area (Å²) in [7, 11) is -0.450. The third-order valence-corrected chi connectivity index (χ3v) is 9.89. The van der Waals surface area contributed by atoms with Crippen LogP contribution < -0.4 is 15.0 Å². The Morgan fingerprint density at radius 2 is 1.79 bits per heavy atom. The number of nitrogens with one attached hydrogen (secondary N) is 1. The summed E-state index contributed by atoms with van der Waals surface area (Å²) in [6.07, 6.45) is -0.780. The Labute approximate surface area is 247 Å². The lowest BCUT2D eigenvalue weighted by molar-refractivity contribution is -0.138. The summed E-state index contributed by atoms with van der Waals surface area (Å²) in [6.45, 7) is 12.3. The van der Waals surface area contributed by atoms with E-state index in [4.69, 9.17) is 4.74 Å². The lowest BCUT2D eigenvalue weighted by atomic mass is 9.95. The zero-order valence-electron chi connectivity index (χ0n) is 25.5. The van der Waals surface area contributed by atoms with Crippen LogP contribution in [0.25, 0.3) is 0 Å². The van der Waals surface area contributed by atoms with Crippen molar-refractivity contribution in [1.29, 1.82) is 0 Å². The maximum absolute atomic E-state index is 14.0. The fourth-order valence-corrected chi connectivity index (χ4v) is 6.89. The maximum Gasteiger partial charge on any atom is 0.419 e. The first-order valence-corrected chi connectivity index (χ1v) is 16.2. The van der Waals surface area contributed by atoms with E-state index in [2.05, 4.69) is 45.9 Å². The first-order valence-electron chi connectivity index (χ1n) is 14.3. The molecule has 13 heteroatoms. The fourth-order valence-electron chi connectivity index (χ4n) is 6.12. The number of piperazine rings is 1. The van der Waals surface area contributed by atoms with Crippen molar-refractivity contribution in [2.75, 3.05) is 56.8 Å². The van der Waals surface area contributed by atoms with E-state index < -0.39 is 21.8 Å². The van der Waals surface area contributed by atoms with Crippen molar-refractivity contribution in [1.82, 2.24) is 19.2 Å². The summed E-state index contributed by atoms with van der Waals surface area (Å²) in [5.41, 5.74) is 1.63. The lowest BCUT2D eigenvalue weighted by Crippen LogP contribution is -2.53. The van der Waals surface area contributed by atoms with Gasteiger partial charge in [0.05, 0.1) is 30.3 Å². The Morgan fingerprint density at radius 1 is 1.12 bits per heavy atom. The fraction of sp³-hybridized carbons (Fsp3) is 0.655. The molecule has 1 saturated carbocycles. The van der Waals surface area contributed by atoms with E-state index in [0.717, 1.165) is 56.3 Å². The number of aromatic nitrogens is 2. The molecule has 42 heavy (non-hydrogen) atoms. The van der Waals surface area contributed by atoms with E-state index in [1.807, 2.05) is 19.1 Å². The van der Waals surface area contributed by atoms with Gasteiger partial charge in [0.2, 0.25) is 16.0 Å². The van der Waals surface area contributed by atoms with Crippen molar-refractivity contribution in [2.45, 2.75) is 71.1 Å². The standard InChI is InChI=1S/C29H43F3N6O3S/c1-19-15-23(26(41-6)17-25(19)37-11-13-38(14-12-37)28(2,3)4)35-27-33-18-21(29(30,31)32)22(34-27)16-20-9-8-10-24(20)36(5)42(7,39)40/h15,17-18,20,24H,8-14,16H2,1-7H3,(H,33,34,35)/t20-,24+/m0/s1. The molecule has 0 radical (unpaired) electrons. The van der Waals surface area contributed by atoms with E-state index in [0.29, 0.717) is 24.3 Å². The molecule has 1 aliphatic heterocycles. The first-order chi connectivity index (χ1) is 19.5. The molecule has 234 valence electrons. The summed E-state index contributed by atoms with van der Waals surface area (Å²) < 4.78 is 73.2. The molecule has 2 fully saturated rings. The van der Waals surface area contributed by atoms with Gasteiger partial charge in [-0.1, -0.05) is 6.42 Å². The van der Waals surface area contributed by atoms with Gasteiger partial charge in [0.15, 0.2) is 0 Å². The molecule has 1 aromatic heterocycles. The monoisotopic (exact) mass is 612 g/mol. The molecule has 2 heterocycles. The second kappa shape index (κ2) is 12.2. The Hall–Kier alpha value is -2.64. The van der Waals surface area contributed by atoms with Crippen molar-refractivity contribution >= 4 is 27.3 Å². The van der Waals surface area contributed by atoms with E-state index in [-0.39, 0.29) is 35.6 Å². The first kappa shape index (κ1) is 32.3. The van der Waals surface area contributed by atoms with Crippen molar-refractivity contribution in [3.05, 3.63) is 35.2 Å². The predicted molar refractivity (Wildman–Crippen MR) is 159 cm³/mol. The van der Waals surface area contributed by atoms with Crippen LogP contribution in [0.15, 0.2) is 18.3 Å².